The lowest BCUT2D eigenvalue weighted by Crippen LogP contribution is -2.43. The van der Waals surface area contributed by atoms with E-state index in [9.17, 15) is 8.78 Å². The van der Waals surface area contributed by atoms with Gasteiger partial charge in [-0.1, -0.05) is 13.3 Å². The fourth-order valence-corrected chi connectivity index (χ4v) is 2.52. The van der Waals surface area contributed by atoms with Gasteiger partial charge < -0.3 is 5.73 Å². The zero-order valence-corrected chi connectivity index (χ0v) is 8.02. The van der Waals surface area contributed by atoms with E-state index in [1.807, 2.05) is 0 Å². The molecule has 0 spiro atoms. The molecule has 3 heteroatoms. The van der Waals surface area contributed by atoms with E-state index in [0.29, 0.717) is 12.3 Å². The number of nitrogens with two attached hydrogens (primary N) is 1. The number of hydrogen-bond donors (Lipinski definition) is 1. The summed E-state index contributed by atoms with van der Waals surface area (Å²) in [6, 6.07) is 0. The smallest absolute Gasteiger partial charge is 0.251 e. The summed E-state index contributed by atoms with van der Waals surface area (Å²) in [6.07, 6.45) is 3.74. The first-order valence-electron chi connectivity index (χ1n) is 5.11. The van der Waals surface area contributed by atoms with Gasteiger partial charge in [-0.05, 0) is 25.2 Å². The van der Waals surface area contributed by atoms with Gasteiger partial charge in [-0.25, -0.2) is 8.78 Å². The van der Waals surface area contributed by atoms with Crippen molar-refractivity contribution in [3.63, 3.8) is 0 Å². The van der Waals surface area contributed by atoms with E-state index in [-0.39, 0.29) is 12.0 Å². The van der Waals surface area contributed by atoms with Crippen LogP contribution in [0.4, 0.5) is 8.78 Å². The second-order valence-corrected chi connectivity index (χ2v) is 4.89. The third kappa shape index (κ3) is 1.58. The summed E-state index contributed by atoms with van der Waals surface area (Å²) in [4.78, 5) is 0. The van der Waals surface area contributed by atoms with Gasteiger partial charge in [-0.3, -0.25) is 0 Å². The molecular weight excluding hydrogens is 172 g/mol. The van der Waals surface area contributed by atoms with Crippen LogP contribution in [0, 0.1) is 11.8 Å². The molecule has 2 N–H and O–H groups in total. The minimum atomic E-state index is -2.39. The normalized spacial score (nSPS) is 48.0. The van der Waals surface area contributed by atoms with Crippen molar-refractivity contribution >= 4 is 0 Å². The highest BCUT2D eigenvalue weighted by Gasteiger charge is 2.59. The largest absolute Gasteiger partial charge is 0.325 e. The molecule has 2 saturated carbocycles. The summed E-state index contributed by atoms with van der Waals surface area (Å²) in [7, 11) is 0. The van der Waals surface area contributed by atoms with E-state index in [2.05, 4.69) is 6.92 Å². The second-order valence-electron chi connectivity index (χ2n) is 4.89. The van der Waals surface area contributed by atoms with Crippen LogP contribution in [0.2, 0.25) is 0 Å². The summed E-state index contributed by atoms with van der Waals surface area (Å²) in [6.45, 7) is 2.09. The van der Waals surface area contributed by atoms with Crippen LogP contribution >= 0.6 is 0 Å². The third-order valence-corrected chi connectivity index (χ3v) is 3.84. The Morgan fingerprint density at radius 3 is 2.46 bits per heavy atom. The van der Waals surface area contributed by atoms with E-state index in [1.54, 1.807) is 0 Å². The molecular formula is C10H17F2N. The zero-order chi connectivity index (χ0) is 9.69. The summed E-state index contributed by atoms with van der Waals surface area (Å²) in [5.41, 5.74) is 5.84. The van der Waals surface area contributed by atoms with Crippen molar-refractivity contribution in [1.82, 2.24) is 0 Å². The van der Waals surface area contributed by atoms with Gasteiger partial charge in [0, 0.05) is 17.9 Å². The SMILES string of the molecule is CC1CCCC1(N)CC1CC1(F)F. The highest BCUT2D eigenvalue weighted by Crippen LogP contribution is 2.54. The van der Waals surface area contributed by atoms with Crippen LogP contribution in [0.3, 0.4) is 0 Å². The molecule has 13 heavy (non-hydrogen) atoms. The Kier molecular flexibility index (Phi) is 1.92. The predicted octanol–water partition coefficient (Wildman–Crippen LogP) is 2.55. The first-order valence-corrected chi connectivity index (χ1v) is 5.11. The van der Waals surface area contributed by atoms with Crippen LogP contribution < -0.4 is 5.73 Å². The van der Waals surface area contributed by atoms with Gasteiger partial charge in [-0.2, -0.15) is 0 Å². The monoisotopic (exact) mass is 189 g/mol. The summed E-state index contributed by atoms with van der Waals surface area (Å²) >= 11 is 0. The highest BCUT2D eigenvalue weighted by molar-refractivity contribution is 5.04. The van der Waals surface area contributed by atoms with Gasteiger partial charge in [0.05, 0.1) is 0 Å². The Morgan fingerprint density at radius 2 is 2.08 bits per heavy atom. The Balaban J connectivity index is 1.94. The molecule has 0 aromatic rings. The van der Waals surface area contributed by atoms with Gasteiger partial charge >= 0.3 is 0 Å². The minimum absolute atomic E-state index is 0.0681. The van der Waals surface area contributed by atoms with Crippen molar-refractivity contribution in [2.24, 2.45) is 17.6 Å². The number of rotatable bonds is 2. The first kappa shape index (κ1) is 9.38. The van der Waals surface area contributed by atoms with E-state index < -0.39 is 11.8 Å². The Morgan fingerprint density at radius 1 is 1.46 bits per heavy atom. The number of halogens is 2. The molecule has 0 bridgehead atoms. The van der Waals surface area contributed by atoms with Gasteiger partial charge in [0.15, 0.2) is 0 Å². The zero-order valence-electron chi connectivity index (χ0n) is 8.02. The van der Waals surface area contributed by atoms with E-state index >= 15 is 0 Å². The Labute approximate surface area is 77.7 Å². The van der Waals surface area contributed by atoms with E-state index in [4.69, 9.17) is 5.73 Å². The summed E-state index contributed by atoms with van der Waals surface area (Å²) < 4.78 is 25.4. The highest BCUT2D eigenvalue weighted by atomic mass is 19.3. The summed E-state index contributed by atoms with van der Waals surface area (Å²) in [5, 5.41) is 0. The molecule has 0 aromatic carbocycles. The van der Waals surface area contributed by atoms with Gasteiger partial charge in [0.25, 0.3) is 5.92 Å². The molecule has 1 nitrogen and oxygen atoms in total. The molecule has 2 rings (SSSR count). The van der Waals surface area contributed by atoms with Crippen LogP contribution in [0.15, 0.2) is 0 Å². The maximum absolute atomic E-state index is 12.7. The molecule has 2 fully saturated rings. The minimum Gasteiger partial charge on any atom is -0.325 e. The fourth-order valence-electron chi connectivity index (χ4n) is 2.52. The summed E-state index contributed by atoms with van der Waals surface area (Å²) in [5.74, 6) is -2.39. The maximum atomic E-state index is 12.7. The quantitative estimate of drug-likeness (QED) is 0.709. The number of hydrogen-bond acceptors (Lipinski definition) is 1. The van der Waals surface area contributed by atoms with Crippen LogP contribution in [0.5, 0.6) is 0 Å². The molecule has 3 atom stereocenters. The molecule has 0 radical (unpaired) electrons. The Bertz CT molecular complexity index is 217. The molecule has 0 aromatic heterocycles. The molecule has 76 valence electrons. The molecule has 0 aliphatic heterocycles. The molecule has 0 heterocycles. The van der Waals surface area contributed by atoms with Crippen LogP contribution in [0.25, 0.3) is 0 Å². The second kappa shape index (κ2) is 2.66. The van der Waals surface area contributed by atoms with Crippen molar-refractivity contribution in [3.05, 3.63) is 0 Å². The average Bonchev–Trinajstić information content (AvgIpc) is 2.42. The van der Waals surface area contributed by atoms with Crippen molar-refractivity contribution in [2.75, 3.05) is 0 Å². The topological polar surface area (TPSA) is 26.0 Å². The van der Waals surface area contributed by atoms with Crippen molar-refractivity contribution in [1.29, 1.82) is 0 Å². The van der Waals surface area contributed by atoms with E-state index in [1.165, 1.54) is 0 Å². The first-order chi connectivity index (χ1) is 5.94. The van der Waals surface area contributed by atoms with Crippen LogP contribution in [0.1, 0.15) is 39.0 Å². The third-order valence-electron chi connectivity index (χ3n) is 3.84. The molecule has 2 aliphatic carbocycles. The number of alkyl halides is 2. The van der Waals surface area contributed by atoms with Crippen molar-refractivity contribution < 1.29 is 8.78 Å². The van der Waals surface area contributed by atoms with Crippen molar-refractivity contribution in [3.8, 4) is 0 Å². The van der Waals surface area contributed by atoms with Crippen LogP contribution in [-0.2, 0) is 0 Å². The maximum Gasteiger partial charge on any atom is 0.251 e. The van der Waals surface area contributed by atoms with Gasteiger partial charge in [-0.15, -0.1) is 0 Å². The molecule has 3 unspecified atom stereocenters. The predicted molar refractivity (Wildman–Crippen MR) is 47.6 cm³/mol. The molecule has 0 saturated heterocycles. The standard InChI is InChI=1S/C10H17F2N/c1-7-3-2-4-9(7,13)5-8-6-10(8,11)12/h7-8H,2-6,13H2,1H3. The lowest BCUT2D eigenvalue weighted by molar-refractivity contribution is 0.0883. The van der Waals surface area contributed by atoms with Crippen molar-refractivity contribution in [2.45, 2.75) is 50.5 Å². The Hall–Kier alpha value is -0.180. The van der Waals surface area contributed by atoms with Crippen LogP contribution in [-0.4, -0.2) is 11.5 Å². The van der Waals surface area contributed by atoms with Gasteiger partial charge in [0.2, 0.25) is 0 Å². The lowest BCUT2D eigenvalue weighted by atomic mass is 9.84. The fraction of sp³-hybridized carbons (Fsp3) is 1.00. The lowest BCUT2D eigenvalue weighted by Gasteiger charge is -2.29. The van der Waals surface area contributed by atoms with Gasteiger partial charge in [0.1, 0.15) is 0 Å². The molecule has 0 amide bonds. The molecule has 2 aliphatic rings. The average molecular weight is 189 g/mol. The van der Waals surface area contributed by atoms with E-state index in [0.717, 1.165) is 19.3 Å².